The maximum absolute atomic E-state index is 13.8. The van der Waals surface area contributed by atoms with E-state index in [1.54, 1.807) is 25.3 Å². The van der Waals surface area contributed by atoms with Crippen LogP contribution in [0, 0.1) is 5.92 Å². The molecule has 0 fully saturated rings. The third kappa shape index (κ3) is 4.64. The molecule has 0 saturated heterocycles. The summed E-state index contributed by atoms with van der Waals surface area (Å²) in [6.07, 6.45) is 0.394. The van der Waals surface area contributed by atoms with Crippen LogP contribution in [0.2, 0.25) is 5.02 Å². The lowest BCUT2D eigenvalue weighted by atomic mass is 9.76. The number of methoxy groups -OCH3 is 1. The summed E-state index contributed by atoms with van der Waals surface area (Å²) in [5.74, 6) is 1.02. The number of allylic oxidation sites excluding steroid dienone is 2. The van der Waals surface area contributed by atoms with E-state index in [0.717, 1.165) is 23.6 Å². The number of benzene rings is 3. The van der Waals surface area contributed by atoms with Gasteiger partial charge in [0.05, 0.1) is 28.9 Å². The van der Waals surface area contributed by atoms with Crippen molar-refractivity contribution in [2.24, 2.45) is 5.92 Å². The number of rotatable bonds is 5. The van der Waals surface area contributed by atoms with Gasteiger partial charge in [-0.2, -0.15) is 13.2 Å². The zero-order valence-corrected chi connectivity index (χ0v) is 21.0. The van der Waals surface area contributed by atoms with Crippen LogP contribution in [0.4, 0.5) is 18.9 Å². The fourth-order valence-corrected chi connectivity index (χ4v) is 5.68. The Hall–Kier alpha value is -2.64. The summed E-state index contributed by atoms with van der Waals surface area (Å²) < 4.78 is 53.8. The molecule has 0 unspecified atom stereocenters. The van der Waals surface area contributed by atoms with Gasteiger partial charge in [-0.15, -0.1) is 0 Å². The van der Waals surface area contributed by atoms with Crippen molar-refractivity contribution < 1.29 is 22.6 Å². The summed E-state index contributed by atoms with van der Waals surface area (Å²) in [4.78, 5) is 0. The van der Waals surface area contributed by atoms with Crippen molar-refractivity contribution in [1.82, 2.24) is 0 Å². The molecule has 0 spiro atoms. The van der Waals surface area contributed by atoms with E-state index in [2.05, 4.69) is 27.3 Å². The van der Waals surface area contributed by atoms with E-state index in [1.165, 1.54) is 6.07 Å². The number of hydrogen-bond acceptors (Lipinski definition) is 3. The third-order valence-corrected chi connectivity index (χ3v) is 7.45. The first kappa shape index (κ1) is 24.1. The van der Waals surface area contributed by atoms with E-state index in [-0.39, 0.29) is 23.6 Å². The van der Waals surface area contributed by atoms with Crippen LogP contribution >= 0.6 is 27.5 Å². The monoisotopic (exact) mass is 563 g/mol. The Morgan fingerprint density at radius 3 is 2.60 bits per heavy atom. The average molecular weight is 565 g/mol. The Bertz CT molecular complexity index is 1280. The zero-order chi connectivity index (χ0) is 24.7. The molecule has 0 saturated carbocycles. The fourth-order valence-electron chi connectivity index (χ4n) is 4.98. The molecule has 0 aromatic heterocycles. The van der Waals surface area contributed by atoms with Crippen molar-refractivity contribution in [1.29, 1.82) is 0 Å². The lowest BCUT2D eigenvalue weighted by Crippen LogP contribution is -2.30. The second-order valence-electron chi connectivity index (χ2n) is 8.69. The average Bonchev–Trinajstić information content (AvgIpc) is 3.33. The van der Waals surface area contributed by atoms with E-state index in [0.29, 0.717) is 33.2 Å². The Labute approximate surface area is 215 Å². The minimum atomic E-state index is -4.45. The smallest absolute Gasteiger partial charge is 0.418 e. The highest BCUT2D eigenvalue weighted by atomic mass is 79.9. The van der Waals surface area contributed by atoms with Gasteiger partial charge in [0.25, 0.3) is 0 Å². The summed E-state index contributed by atoms with van der Waals surface area (Å²) in [5, 5.41) is 3.88. The molecule has 1 aliphatic heterocycles. The summed E-state index contributed by atoms with van der Waals surface area (Å²) in [7, 11) is 1.55. The molecule has 3 aromatic carbocycles. The van der Waals surface area contributed by atoms with Gasteiger partial charge in [0, 0.05) is 10.9 Å². The van der Waals surface area contributed by atoms with E-state index < -0.39 is 11.7 Å². The van der Waals surface area contributed by atoms with Crippen LogP contribution in [-0.2, 0) is 12.8 Å². The van der Waals surface area contributed by atoms with E-state index in [4.69, 9.17) is 21.1 Å². The first-order valence-corrected chi connectivity index (χ1v) is 12.3. The molecule has 3 aromatic rings. The second kappa shape index (κ2) is 9.43. The minimum absolute atomic E-state index is 0.0865. The van der Waals surface area contributed by atoms with Gasteiger partial charge in [0.15, 0.2) is 11.5 Å². The van der Waals surface area contributed by atoms with Crippen LogP contribution in [0.1, 0.15) is 40.6 Å². The van der Waals surface area contributed by atoms with Gasteiger partial charge in [-0.1, -0.05) is 48.0 Å². The van der Waals surface area contributed by atoms with Crippen LogP contribution in [0.15, 0.2) is 71.2 Å². The Morgan fingerprint density at radius 2 is 1.89 bits per heavy atom. The molecule has 0 bridgehead atoms. The fraction of sp³-hybridized carbons (Fsp3) is 0.259. The summed E-state index contributed by atoms with van der Waals surface area (Å²) in [6, 6.07) is 15.2. The lowest BCUT2D eigenvalue weighted by Gasteiger charge is -2.39. The number of fused-ring (bicyclic) bond motifs is 3. The minimum Gasteiger partial charge on any atom is -0.493 e. The molecule has 0 radical (unpaired) electrons. The molecule has 0 amide bonds. The quantitative estimate of drug-likeness (QED) is 0.315. The first-order valence-electron chi connectivity index (χ1n) is 11.1. The first-order chi connectivity index (χ1) is 16.8. The van der Waals surface area contributed by atoms with Gasteiger partial charge in [0.2, 0.25) is 0 Å². The molecular weight excluding hydrogens is 543 g/mol. The number of ether oxygens (including phenoxy) is 2. The largest absolute Gasteiger partial charge is 0.493 e. The molecule has 1 heterocycles. The lowest BCUT2D eigenvalue weighted by molar-refractivity contribution is -0.137. The molecular formula is C27H22BrClF3NO2. The molecule has 3 nitrogen and oxygen atoms in total. The molecule has 3 atom stereocenters. The molecule has 35 heavy (non-hydrogen) atoms. The van der Waals surface area contributed by atoms with Crippen LogP contribution in [-0.4, -0.2) is 7.11 Å². The Morgan fingerprint density at radius 1 is 1.11 bits per heavy atom. The molecule has 8 heteroatoms. The van der Waals surface area contributed by atoms with Crippen molar-refractivity contribution >= 4 is 33.2 Å². The van der Waals surface area contributed by atoms with E-state index >= 15 is 0 Å². The predicted octanol–water partition coefficient (Wildman–Crippen LogP) is 8.54. The molecule has 182 valence electrons. The topological polar surface area (TPSA) is 30.5 Å². The normalized spacial score (nSPS) is 20.7. The van der Waals surface area contributed by atoms with Gasteiger partial charge in [-0.05, 0) is 75.3 Å². The van der Waals surface area contributed by atoms with Crippen molar-refractivity contribution in [2.75, 3.05) is 12.4 Å². The van der Waals surface area contributed by atoms with Gasteiger partial charge in [0.1, 0.15) is 6.61 Å². The van der Waals surface area contributed by atoms with Crippen molar-refractivity contribution in [3.8, 4) is 11.5 Å². The SMILES string of the molecule is COc1cc([C@@H]2Nc3c(cccc3C(F)(F)F)[C@@H]3C=CC[C@@H]32)cc(Br)c1OCc1ccc(Cl)cc1. The highest BCUT2D eigenvalue weighted by molar-refractivity contribution is 9.10. The zero-order valence-electron chi connectivity index (χ0n) is 18.7. The maximum atomic E-state index is 13.8. The number of nitrogens with one attached hydrogen (secondary N) is 1. The van der Waals surface area contributed by atoms with Gasteiger partial charge in [-0.3, -0.25) is 0 Å². The number of para-hydroxylation sites is 1. The summed E-state index contributed by atoms with van der Waals surface area (Å²) in [6.45, 7) is 0.310. The highest BCUT2D eigenvalue weighted by Crippen LogP contribution is 2.53. The second-order valence-corrected chi connectivity index (χ2v) is 9.98. The molecule has 1 aliphatic carbocycles. The van der Waals surface area contributed by atoms with Crippen LogP contribution in [0.5, 0.6) is 11.5 Å². The van der Waals surface area contributed by atoms with E-state index in [9.17, 15) is 13.2 Å². The van der Waals surface area contributed by atoms with Crippen LogP contribution in [0.3, 0.4) is 0 Å². The number of anilines is 1. The molecule has 5 rings (SSSR count). The highest BCUT2D eigenvalue weighted by Gasteiger charge is 2.43. The third-order valence-electron chi connectivity index (χ3n) is 6.61. The molecule has 1 N–H and O–H groups in total. The standard InChI is InChI=1S/C27H22BrClF3NO2/c1-34-23-13-16(12-22(28)26(23)35-14-15-8-10-17(29)11-9-15)24-19-5-2-4-18(19)20-6-3-7-21(25(20)33-24)27(30,31)32/h2-4,6-13,18-19,24,33H,5,14H2,1H3/t18-,19+,24+/m1/s1. The summed E-state index contributed by atoms with van der Waals surface area (Å²) >= 11 is 9.55. The Kier molecular flexibility index (Phi) is 6.49. The van der Waals surface area contributed by atoms with Gasteiger partial charge >= 0.3 is 6.18 Å². The van der Waals surface area contributed by atoms with Gasteiger partial charge in [-0.25, -0.2) is 0 Å². The van der Waals surface area contributed by atoms with Crippen LogP contribution in [0.25, 0.3) is 0 Å². The molecule has 2 aliphatic rings. The number of halogens is 5. The van der Waals surface area contributed by atoms with E-state index in [1.807, 2.05) is 30.3 Å². The maximum Gasteiger partial charge on any atom is 0.418 e. The van der Waals surface area contributed by atoms with Crippen molar-refractivity contribution in [3.63, 3.8) is 0 Å². The van der Waals surface area contributed by atoms with Crippen molar-refractivity contribution in [2.45, 2.75) is 31.2 Å². The van der Waals surface area contributed by atoms with Crippen molar-refractivity contribution in [3.05, 3.63) is 98.5 Å². The predicted molar refractivity (Wildman–Crippen MR) is 134 cm³/mol. The van der Waals surface area contributed by atoms with Crippen LogP contribution < -0.4 is 14.8 Å². The number of hydrogen-bond donors (Lipinski definition) is 1. The summed E-state index contributed by atoms with van der Waals surface area (Å²) in [5.41, 5.74) is 1.96. The number of alkyl halides is 3. The van der Waals surface area contributed by atoms with Gasteiger partial charge < -0.3 is 14.8 Å². The Balaban J connectivity index is 1.49.